The van der Waals surface area contributed by atoms with Gasteiger partial charge in [-0.1, -0.05) is 6.58 Å². The minimum Gasteiger partial charge on any atom is -0.394 e. The molecule has 4 atom stereocenters. The number of aliphatic hydroxyl groups is 3. The molecule has 5 N–H and O–H groups in total. The van der Waals surface area contributed by atoms with Gasteiger partial charge in [0.15, 0.2) is 6.23 Å². The van der Waals surface area contributed by atoms with Crippen LogP contribution in [0.2, 0.25) is 0 Å². The Morgan fingerprint density at radius 1 is 1.65 bits per heavy atom. The lowest BCUT2D eigenvalue weighted by Gasteiger charge is -2.29. The molecule has 2 rings (SSSR count). The van der Waals surface area contributed by atoms with Crippen molar-refractivity contribution in [3.8, 4) is 0 Å². The second-order valence-electron chi connectivity index (χ2n) is 3.62. The van der Waals surface area contributed by atoms with E-state index in [1.54, 1.807) is 0 Å². The number of ether oxygens (including phenoxy) is 1. The van der Waals surface area contributed by atoms with Gasteiger partial charge in [-0.15, -0.1) is 0 Å². The molecule has 8 heteroatoms. The molecule has 94 valence electrons. The summed E-state index contributed by atoms with van der Waals surface area (Å²) < 4.78 is 12.9. The first-order valence-corrected chi connectivity index (χ1v) is 4.90. The maximum absolute atomic E-state index is 9.92. The fourth-order valence-corrected chi connectivity index (χ4v) is 1.60. The van der Waals surface area contributed by atoms with Crippen molar-refractivity contribution in [2.75, 3.05) is 6.61 Å². The number of aliphatic imine (C=N–C) groups is 2. The first kappa shape index (κ1) is 10.7. The number of hydrogen-bond donors (Lipinski definition) is 4. The van der Waals surface area contributed by atoms with Crippen molar-refractivity contribution >= 4 is 12.3 Å². The fraction of sp³-hybridized carbons (Fsp3) is 0.556. The number of aliphatic hydroxyl groups excluding tert-OH is 2. The van der Waals surface area contributed by atoms with Crippen molar-refractivity contribution in [2.45, 2.75) is 24.5 Å². The Hall–Kier alpha value is -1.48. The average Bonchev–Trinajstić information content (AvgIpc) is 2.52. The van der Waals surface area contributed by atoms with E-state index in [0.29, 0.717) is 0 Å². The third-order valence-electron chi connectivity index (χ3n) is 2.50. The van der Waals surface area contributed by atoms with Gasteiger partial charge in [0.2, 0.25) is 5.96 Å². The maximum atomic E-state index is 9.92. The van der Waals surface area contributed by atoms with E-state index in [9.17, 15) is 10.2 Å². The highest BCUT2D eigenvalue weighted by atomic mass is 16.6. The van der Waals surface area contributed by atoms with Gasteiger partial charge >= 0.3 is 0 Å². The van der Waals surface area contributed by atoms with Gasteiger partial charge in [-0.25, -0.2) is 4.99 Å². The molecule has 0 bridgehead atoms. The quantitative estimate of drug-likeness (QED) is 0.427. The minimum atomic E-state index is -2.34. The van der Waals surface area contributed by atoms with Gasteiger partial charge in [0, 0.05) is 0 Å². The summed E-state index contributed by atoms with van der Waals surface area (Å²) in [5, 5.41) is 28.6. The van der Waals surface area contributed by atoms with Crippen molar-refractivity contribution in [3.05, 3.63) is 12.4 Å². The van der Waals surface area contributed by atoms with E-state index in [0.717, 1.165) is 0 Å². The number of rotatable bonds is 2. The van der Waals surface area contributed by atoms with Crippen LogP contribution in [0.25, 0.3) is 0 Å². The molecular weight excluding hydrogens is 228 g/mol. The lowest BCUT2D eigenvalue weighted by molar-refractivity contribution is -0.0607. The van der Waals surface area contributed by atoms with Crippen LogP contribution in [0.4, 0.5) is 0 Å². The van der Waals surface area contributed by atoms with E-state index >= 15 is 0 Å². The Kier molecular flexibility index (Phi) is 2.77. The van der Waals surface area contributed by atoms with E-state index in [4.69, 9.17) is 16.9 Å². The third-order valence-corrected chi connectivity index (χ3v) is 2.50. The summed E-state index contributed by atoms with van der Waals surface area (Å²) in [5.41, 5.74) is 5.36. The van der Waals surface area contributed by atoms with Crippen LogP contribution in [0, 0.1) is 0 Å². The van der Waals surface area contributed by atoms with Crippen LogP contribution in [-0.2, 0) is 4.74 Å². The zero-order valence-corrected chi connectivity index (χ0v) is 8.89. The van der Waals surface area contributed by atoms with E-state index in [2.05, 4.69) is 16.6 Å². The van der Waals surface area contributed by atoms with Crippen molar-refractivity contribution in [1.82, 2.24) is 4.90 Å². The monoisotopic (exact) mass is 243 g/mol. The summed E-state index contributed by atoms with van der Waals surface area (Å²) in [6, 6.07) is 0. The SMILES string of the molecule is [2H]C1(O)[C@@H](O)[C@@H](CO)O[C@H]1N1C=NC(N)=NC1=C. The van der Waals surface area contributed by atoms with Crippen LogP contribution in [0.15, 0.2) is 22.4 Å². The molecule has 0 amide bonds. The van der Waals surface area contributed by atoms with Crippen molar-refractivity contribution in [2.24, 2.45) is 15.7 Å². The molecule has 0 spiro atoms. The molecular formula is C9H14N4O4. The van der Waals surface area contributed by atoms with E-state index in [1.165, 1.54) is 11.2 Å². The average molecular weight is 243 g/mol. The highest BCUT2D eigenvalue weighted by molar-refractivity contribution is 5.89. The van der Waals surface area contributed by atoms with Gasteiger partial charge in [-0.2, -0.15) is 4.99 Å². The number of nitrogens with two attached hydrogens (primary N) is 1. The molecule has 1 fully saturated rings. The zero-order valence-electron chi connectivity index (χ0n) is 9.89. The molecule has 17 heavy (non-hydrogen) atoms. The van der Waals surface area contributed by atoms with Gasteiger partial charge in [-0.05, 0) is 0 Å². The smallest absolute Gasteiger partial charge is 0.223 e. The van der Waals surface area contributed by atoms with Gasteiger partial charge in [-0.3, -0.25) is 4.90 Å². The molecule has 0 aromatic heterocycles. The van der Waals surface area contributed by atoms with Gasteiger partial charge in [0.1, 0.15) is 30.4 Å². The van der Waals surface area contributed by atoms with Gasteiger partial charge in [0.25, 0.3) is 0 Å². The standard InChI is InChI=1S/C9H14N4O4/c1-4-12-9(10)11-3-13(4)8-7(16)6(15)5(2-14)17-8/h3,5-8,14-16H,1-2H2,(H2,10,12)/t5-,6+,7?,8-/m1/s1/i7D. The highest BCUT2D eigenvalue weighted by Gasteiger charge is 2.45. The molecule has 0 radical (unpaired) electrons. The molecule has 1 unspecified atom stereocenters. The molecule has 8 nitrogen and oxygen atoms in total. The van der Waals surface area contributed by atoms with E-state index in [-0.39, 0.29) is 11.8 Å². The van der Waals surface area contributed by atoms with Crippen LogP contribution >= 0.6 is 0 Å². The van der Waals surface area contributed by atoms with Crippen molar-refractivity contribution in [1.29, 1.82) is 0 Å². The van der Waals surface area contributed by atoms with Crippen molar-refractivity contribution in [3.63, 3.8) is 0 Å². The Labute approximate surface area is 98.7 Å². The predicted molar refractivity (Wildman–Crippen MR) is 58.9 cm³/mol. The number of nitrogens with zero attached hydrogens (tertiary/aromatic N) is 3. The van der Waals surface area contributed by atoms with Crippen LogP contribution < -0.4 is 5.73 Å². The van der Waals surface area contributed by atoms with Crippen LogP contribution in [0.3, 0.4) is 0 Å². The Morgan fingerprint density at radius 3 is 2.88 bits per heavy atom. The summed E-state index contributed by atoms with van der Waals surface area (Å²) in [5.74, 6) is 0.103. The molecule has 1 saturated heterocycles. The zero-order chi connectivity index (χ0) is 13.5. The Balaban J connectivity index is 2.25. The van der Waals surface area contributed by atoms with Gasteiger partial charge < -0.3 is 25.8 Å². The summed E-state index contributed by atoms with van der Waals surface area (Å²) in [7, 11) is 0. The van der Waals surface area contributed by atoms with Crippen molar-refractivity contribution < 1.29 is 21.4 Å². The summed E-state index contributed by atoms with van der Waals surface area (Å²) >= 11 is 0. The lowest BCUT2D eigenvalue weighted by atomic mass is 10.1. The number of guanidine groups is 1. The fourth-order valence-electron chi connectivity index (χ4n) is 1.60. The Morgan fingerprint density at radius 2 is 2.35 bits per heavy atom. The first-order chi connectivity index (χ1) is 8.37. The summed E-state index contributed by atoms with van der Waals surface area (Å²) in [6.45, 7) is 3.05. The second-order valence-corrected chi connectivity index (χ2v) is 3.62. The molecule has 2 aliphatic heterocycles. The van der Waals surface area contributed by atoms with E-state index < -0.39 is 31.1 Å². The molecule has 0 aliphatic carbocycles. The molecule has 0 aromatic carbocycles. The van der Waals surface area contributed by atoms with E-state index in [1.807, 2.05) is 0 Å². The predicted octanol–water partition coefficient (Wildman–Crippen LogP) is -2.44. The van der Waals surface area contributed by atoms with Crippen LogP contribution in [0.5, 0.6) is 0 Å². The second kappa shape index (κ2) is 4.41. The molecule has 2 heterocycles. The van der Waals surface area contributed by atoms with Gasteiger partial charge in [0.05, 0.1) is 7.98 Å². The summed E-state index contributed by atoms with van der Waals surface area (Å²) in [4.78, 5) is 8.63. The first-order valence-electron chi connectivity index (χ1n) is 5.40. The number of hydrogen-bond acceptors (Lipinski definition) is 8. The minimum absolute atomic E-state index is 0.0120. The summed E-state index contributed by atoms with van der Waals surface area (Å²) in [6.07, 6.45) is -5.05. The highest BCUT2D eigenvalue weighted by Crippen LogP contribution is 2.26. The van der Waals surface area contributed by atoms with Crippen LogP contribution in [0.1, 0.15) is 1.37 Å². The maximum Gasteiger partial charge on any atom is 0.223 e. The lowest BCUT2D eigenvalue weighted by Crippen LogP contribution is -2.44. The Bertz CT molecular complexity index is 425. The molecule has 0 saturated carbocycles. The third kappa shape index (κ3) is 2.03. The largest absolute Gasteiger partial charge is 0.394 e. The molecule has 2 aliphatic rings. The normalized spacial score (nSPS) is 42.6. The van der Waals surface area contributed by atoms with Crippen LogP contribution in [-0.4, -0.2) is 63.6 Å². The molecule has 0 aromatic rings. The topological polar surface area (TPSA) is 124 Å².